The predicted octanol–water partition coefficient (Wildman–Crippen LogP) is 4.61. The lowest BCUT2D eigenvalue weighted by atomic mass is 10.5. The Balaban J connectivity index is -0.0000000315. The van der Waals surface area contributed by atoms with Crippen LogP contribution in [0.15, 0.2) is 12.7 Å². The summed E-state index contributed by atoms with van der Waals surface area (Å²) < 4.78 is 0. The molecule has 0 saturated heterocycles. The van der Waals surface area contributed by atoms with Crippen molar-refractivity contribution in [2.45, 2.75) is 41.0 Å². The van der Waals surface area contributed by atoms with Crippen molar-refractivity contribution in [1.29, 1.82) is 0 Å². The summed E-state index contributed by atoms with van der Waals surface area (Å²) in [5.41, 5.74) is 0. The lowest BCUT2D eigenvalue weighted by molar-refractivity contribution is 1.23. The van der Waals surface area contributed by atoms with E-state index in [0.29, 0.717) is 0 Å². The second-order valence-electron chi connectivity index (χ2n) is 1.11. The third-order valence-corrected chi connectivity index (χ3v) is 0.289. The van der Waals surface area contributed by atoms with Gasteiger partial charge in [0.05, 0.1) is 0 Å². The van der Waals surface area contributed by atoms with Crippen molar-refractivity contribution in [3.63, 3.8) is 0 Å². The molecular weight excluding hydrogens is 152 g/mol. The van der Waals surface area contributed by atoms with E-state index in [0.717, 1.165) is 6.42 Å². The molecule has 0 aromatic rings. The number of allylic oxidation sites excluding steroid dienone is 1. The second kappa shape index (κ2) is 87.3. The molecule has 0 nitrogen and oxygen atoms in total. The molecule has 0 atom stereocenters. The summed E-state index contributed by atoms with van der Waals surface area (Å²) in [5, 5.41) is 0. The van der Waals surface area contributed by atoms with Gasteiger partial charge in [-0.1, -0.05) is 40.7 Å². The molecule has 0 aliphatic carbocycles. The first-order valence-corrected chi connectivity index (χ1v) is 5.97. The van der Waals surface area contributed by atoms with Crippen LogP contribution in [-0.2, 0) is 0 Å². The van der Waals surface area contributed by atoms with Crippen LogP contribution in [0.5, 0.6) is 0 Å². The van der Waals surface area contributed by atoms with Gasteiger partial charge in [0.15, 0.2) is 0 Å². The molecule has 0 saturated carbocycles. The first-order valence-electron chi connectivity index (χ1n) is 4.34. The Kier molecular flexibility index (Phi) is 178. The van der Waals surface area contributed by atoms with E-state index in [1.807, 2.05) is 46.3 Å². The largest absolute Gasteiger partial charge is 0.169 e. The predicted molar refractivity (Wildman–Crippen MR) is 62.6 cm³/mol. The second-order valence-corrected chi connectivity index (χ2v) is 1.92. The summed E-state index contributed by atoms with van der Waals surface area (Å²) in [6.45, 7) is 13.5. The molecule has 0 aliphatic heterocycles. The zero-order valence-corrected chi connectivity index (χ0v) is 10.2. The fourth-order valence-electron chi connectivity index (χ4n) is 0. The summed E-state index contributed by atoms with van der Waals surface area (Å²) in [6.07, 6.45) is 7.04. The van der Waals surface area contributed by atoms with Gasteiger partial charge in [-0.2, -0.15) is 11.8 Å². The van der Waals surface area contributed by atoms with Gasteiger partial charge in [0.2, 0.25) is 0 Å². The summed E-state index contributed by atoms with van der Waals surface area (Å²) in [7, 11) is 0. The maximum atomic E-state index is 3.48. The molecule has 0 spiro atoms. The molecule has 0 N–H and O–H groups in total. The standard InChI is InChI=1S/C4H8.C2H6S.2C2H6/c1-3-4-2;1-3-2;2*1-2/h3H,1,4H2,2H3;1-2H3;2*1-2H3. The van der Waals surface area contributed by atoms with E-state index in [1.54, 1.807) is 11.8 Å². The monoisotopic (exact) mass is 178 g/mol. The molecule has 0 bridgehead atoms. The van der Waals surface area contributed by atoms with Gasteiger partial charge in [-0.05, 0) is 18.9 Å². The minimum Gasteiger partial charge on any atom is -0.169 e. The third kappa shape index (κ3) is 556. The van der Waals surface area contributed by atoms with Crippen LogP contribution in [0.25, 0.3) is 0 Å². The van der Waals surface area contributed by atoms with E-state index >= 15 is 0 Å². The van der Waals surface area contributed by atoms with Crippen LogP contribution in [0.4, 0.5) is 0 Å². The molecule has 0 aliphatic rings. The quantitative estimate of drug-likeness (QED) is 0.528. The van der Waals surface area contributed by atoms with Crippen LogP contribution in [0.2, 0.25) is 0 Å². The van der Waals surface area contributed by atoms with Crippen molar-refractivity contribution >= 4 is 11.8 Å². The van der Waals surface area contributed by atoms with Crippen LogP contribution >= 0.6 is 11.8 Å². The maximum Gasteiger partial charge on any atom is -0.0187 e. The van der Waals surface area contributed by atoms with E-state index in [4.69, 9.17) is 0 Å². The number of hydrogen-bond donors (Lipinski definition) is 0. The molecule has 0 fully saturated rings. The van der Waals surface area contributed by atoms with Crippen molar-refractivity contribution in [2.24, 2.45) is 0 Å². The van der Waals surface area contributed by atoms with Gasteiger partial charge < -0.3 is 0 Å². The summed E-state index contributed by atoms with van der Waals surface area (Å²) in [6, 6.07) is 0. The van der Waals surface area contributed by atoms with Crippen molar-refractivity contribution in [1.82, 2.24) is 0 Å². The van der Waals surface area contributed by atoms with Crippen LogP contribution in [0.1, 0.15) is 41.0 Å². The fraction of sp³-hybridized carbons (Fsp3) is 0.800. The number of thioether (sulfide) groups is 1. The Morgan fingerprint density at radius 2 is 1.18 bits per heavy atom. The van der Waals surface area contributed by atoms with Crippen molar-refractivity contribution in [3.05, 3.63) is 12.7 Å². The van der Waals surface area contributed by atoms with Gasteiger partial charge in [0.1, 0.15) is 0 Å². The zero-order chi connectivity index (χ0) is 10.1. The summed E-state index contributed by atoms with van der Waals surface area (Å²) in [5.74, 6) is 0. The Labute approximate surface area is 78.5 Å². The zero-order valence-electron chi connectivity index (χ0n) is 9.40. The van der Waals surface area contributed by atoms with Gasteiger partial charge >= 0.3 is 0 Å². The highest BCUT2D eigenvalue weighted by molar-refractivity contribution is 7.97. The minimum atomic E-state index is 1.08. The molecule has 11 heavy (non-hydrogen) atoms. The van der Waals surface area contributed by atoms with Crippen molar-refractivity contribution in [2.75, 3.05) is 12.5 Å². The van der Waals surface area contributed by atoms with E-state index in [2.05, 4.69) is 13.5 Å². The van der Waals surface area contributed by atoms with E-state index in [1.165, 1.54) is 0 Å². The molecular formula is C10H26S. The Morgan fingerprint density at radius 1 is 1.09 bits per heavy atom. The van der Waals surface area contributed by atoms with Gasteiger partial charge in [-0.15, -0.1) is 6.58 Å². The van der Waals surface area contributed by atoms with Gasteiger partial charge in [-0.25, -0.2) is 0 Å². The summed E-state index contributed by atoms with van der Waals surface area (Å²) in [4.78, 5) is 0. The first kappa shape index (κ1) is 22.5. The maximum absolute atomic E-state index is 3.48. The van der Waals surface area contributed by atoms with Crippen molar-refractivity contribution < 1.29 is 0 Å². The molecule has 0 unspecified atom stereocenters. The van der Waals surface area contributed by atoms with Gasteiger partial charge in [-0.3, -0.25) is 0 Å². The lowest BCUT2D eigenvalue weighted by Crippen LogP contribution is -1.36. The minimum absolute atomic E-state index is 1.08. The van der Waals surface area contributed by atoms with Gasteiger partial charge in [0.25, 0.3) is 0 Å². The molecule has 0 rings (SSSR count). The van der Waals surface area contributed by atoms with Crippen molar-refractivity contribution in [3.8, 4) is 0 Å². The molecule has 0 aromatic carbocycles. The topological polar surface area (TPSA) is 0 Å². The molecule has 0 amide bonds. The Bertz CT molecular complexity index is 26.1. The normalized spacial score (nSPS) is 5.00. The fourth-order valence-corrected chi connectivity index (χ4v) is 0. The van der Waals surface area contributed by atoms with E-state index in [9.17, 15) is 0 Å². The SMILES string of the molecule is C=CCC.CC.CC.CSC. The van der Waals surface area contributed by atoms with Crippen LogP contribution in [-0.4, -0.2) is 12.5 Å². The highest BCUT2D eigenvalue weighted by atomic mass is 32.2. The molecule has 1 heteroatoms. The van der Waals surface area contributed by atoms with Crippen LogP contribution < -0.4 is 0 Å². The highest BCUT2D eigenvalue weighted by Crippen LogP contribution is 1.70. The smallest absolute Gasteiger partial charge is 0.0187 e. The van der Waals surface area contributed by atoms with Crippen LogP contribution in [0.3, 0.4) is 0 Å². The first-order chi connectivity index (χ1) is 5.33. The molecule has 0 aromatic heterocycles. The molecule has 0 radical (unpaired) electrons. The van der Waals surface area contributed by atoms with Crippen LogP contribution in [0, 0.1) is 0 Å². The lowest BCUT2D eigenvalue weighted by Gasteiger charge is -1.57. The number of hydrogen-bond acceptors (Lipinski definition) is 1. The number of rotatable bonds is 1. The van der Waals surface area contributed by atoms with E-state index < -0.39 is 0 Å². The molecule has 72 valence electrons. The van der Waals surface area contributed by atoms with E-state index in [-0.39, 0.29) is 0 Å². The highest BCUT2D eigenvalue weighted by Gasteiger charge is 1.45. The Hall–Kier alpha value is 0.0900. The average molecular weight is 178 g/mol. The van der Waals surface area contributed by atoms with Gasteiger partial charge in [0, 0.05) is 0 Å². The third-order valence-electron chi connectivity index (χ3n) is 0.289. The summed E-state index contributed by atoms with van der Waals surface area (Å²) >= 11 is 1.75. The average Bonchev–Trinajstić information content (AvgIpc) is 2.12. The Morgan fingerprint density at radius 3 is 1.18 bits per heavy atom. The molecule has 0 heterocycles.